The Labute approximate surface area is 318 Å². The van der Waals surface area contributed by atoms with Crippen molar-refractivity contribution in [1.82, 2.24) is 19.9 Å². The van der Waals surface area contributed by atoms with Gasteiger partial charge in [0, 0.05) is 47.3 Å². The predicted molar refractivity (Wildman–Crippen MR) is 211 cm³/mol. The molecule has 16 bridgehead atoms. The van der Waals surface area contributed by atoms with Crippen molar-refractivity contribution in [3.8, 4) is 0 Å². The number of allylic oxidation sites excluding steroid dienone is 12. The van der Waals surface area contributed by atoms with Gasteiger partial charge in [0.05, 0.1) is 22.8 Å². The summed E-state index contributed by atoms with van der Waals surface area (Å²) < 4.78 is 0. The van der Waals surface area contributed by atoms with Gasteiger partial charge in [0.1, 0.15) is 0 Å². The molecule has 8 atom stereocenters. The molecule has 5 heteroatoms. The predicted octanol–water partition coefficient (Wildman–Crippen LogP) is 11.6. The summed E-state index contributed by atoms with van der Waals surface area (Å²) in [5, 5.41) is 0. The average Bonchev–Trinajstić information content (AvgIpc) is 3.92. The third-order valence-electron chi connectivity index (χ3n) is 13.8. The van der Waals surface area contributed by atoms with E-state index in [1.165, 1.54) is 95.9 Å². The van der Waals surface area contributed by atoms with Crippen LogP contribution in [0, 0.1) is 23.7 Å². The fourth-order valence-corrected chi connectivity index (χ4v) is 11.8. The first-order chi connectivity index (χ1) is 23.7. The Kier molecular flexibility index (Phi) is 7.68. The van der Waals surface area contributed by atoms with Gasteiger partial charge < -0.3 is 9.97 Å². The number of hydrogen-bond donors (Lipinski definition) is 0. The van der Waals surface area contributed by atoms with Crippen molar-refractivity contribution in [2.75, 3.05) is 0 Å². The number of hydrogen-bond acceptors (Lipinski definition) is 2. The molecule has 17 rings (SSSR count). The van der Waals surface area contributed by atoms with Gasteiger partial charge in [-0.15, -0.1) is 22.1 Å². The molecule has 0 saturated carbocycles. The van der Waals surface area contributed by atoms with E-state index in [2.05, 4.69) is 72.9 Å². The molecular formula is C47H48CuN4. The summed E-state index contributed by atoms with van der Waals surface area (Å²) in [4.78, 5) is 22.2. The second-order valence-corrected chi connectivity index (χ2v) is 16.1. The van der Waals surface area contributed by atoms with Gasteiger partial charge in [-0.25, -0.2) is 9.97 Å². The molecule has 52 heavy (non-hydrogen) atoms. The zero-order valence-corrected chi connectivity index (χ0v) is 28.2. The smallest absolute Gasteiger partial charge is 0.657 e. The molecule has 0 aromatic carbocycles. The minimum absolute atomic E-state index is 0. The fraction of sp³-hybridized carbons (Fsp3) is 0.404. The standard InChI is InChI=1S/C44H36N4.3CH4.Cu/c1-2-22-4-3-21(1)37-29-17-31-39-23-5-7-25(8-6-23)41(39)33(46-31)19-35-43-27-13-15-28(16-14-27)44(43)36(48-35)20-34-42-26-11-9-24(10-12-26)40(42)32(47-34)18-30(45-29)38(22)37;;;;/h1-2,5,7,9,11,13,15,17-28H,3-4,6,8,10,12,14,16H2;3*1H4;/q-2;;;;+2. The molecule has 0 N–H and O–H groups in total. The first kappa shape index (κ1) is 33.9. The summed E-state index contributed by atoms with van der Waals surface area (Å²) in [6, 6.07) is 9.51. The van der Waals surface area contributed by atoms with E-state index in [-0.39, 0.29) is 39.3 Å². The van der Waals surface area contributed by atoms with E-state index >= 15 is 0 Å². The summed E-state index contributed by atoms with van der Waals surface area (Å²) in [6.45, 7) is 0. The van der Waals surface area contributed by atoms with E-state index in [1.807, 2.05) is 0 Å². The minimum atomic E-state index is 0. The SMILES string of the molecule is C.C.C.C1=CC2CCC1C1=C2c2cc3[n-]c(cc4nc(cc5[n-]c(cc1n2)c1c5C2C=CC1CC2)C1=C4C2C=CC1CC2)c1c3C2C=CC1CC2.[Cu+2]. The van der Waals surface area contributed by atoms with Gasteiger partial charge in [-0.05, 0) is 73.7 Å². The third-order valence-corrected chi connectivity index (χ3v) is 13.8. The molecule has 12 aliphatic carbocycles. The number of fused-ring (bicyclic) bond motifs is 12. The van der Waals surface area contributed by atoms with Crippen LogP contribution in [0.3, 0.4) is 0 Å². The van der Waals surface area contributed by atoms with Crippen LogP contribution in [0.25, 0.3) is 44.4 Å². The second kappa shape index (κ2) is 11.8. The molecule has 8 unspecified atom stereocenters. The largest absolute Gasteiger partial charge is 2.00 e. The fourth-order valence-electron chi connectivity index (χ4n) is 11.8. The van der Waals surface area contributed by atoms with Crippen molar-refractivity contribution in [2.45, 2.75) is 97.3 Å². The molecule has 3 aromatic rings. The van der Waals surface area contributed by atoms with Crippen molar-refractivity contribution in [3.63, 3.8) is 0 Å². The van der Waals surface area contributed by atoms with Crippen LogP contribution in [0.15, 0.2) is 72.9 Å². The van der Waals surface area contributed by atoms with Gasteiger partial charge in [0.25, 0.3) is 0 Å². The Morgan fingerprint density at radius 1 is 0.346 bits per heavy atom. The van der Waals surface area contributed by atoms with Crippen molar-refractivity contribution in [1.29, 1.82) is 0 Å². The molecule has 14 aliphatic rings. The average molecular weight is 732 g/mol. The summed E-state index contributed by atoms with van der Waals surface area (Å²) >= 11 is 0. The summed E-state index contributed by atoms with van der Waals surface area (Å²) in [5.41, 5.74) is 20.8. The van der Waals surface area contributed by atoms with E-state index in [4.69, 9.17) is 19.9 Å². The summed E-state index contributed by atoms with van der Waals surface area (Å²) in [5.74, 6) is 3.50. The van der Waals surface area contributed by atoms with Crippen molar-refractivity contribution < 1.29 is 17.1 Å². The van der Waals surface area contributed by atoms with Crippen LogP contribution in [0.5, 0.6) is 0 Å². The molecular weight excluding hydrogens is 684 g/mol. The van der Waals surface area contributed by atoms with E-state index < -0.39 is 0 Å². The van der Waals surface area contributed by atoms with Gasteiger partial charge in [-0.3, -0.25) is 0 Å². The molecule has 0 amide bonds. The third kappa shape index (κ3) is 4.27. The van der Waals surface area contributed by atoms with Gasteiger partial charge >= 0.3 is 17.1 Å². The van der Waals surface area contributed by atoms with E-state index in [0.717, 1.165) is 44.8 Å². The van der Waals surface area contributed by atoms with Crippen LogP contribution < -0.4 is 9.97 Å². The maximum atomic E-state index is 5.55. The maximum Gasteiger partial charge on any atom is 2.00 e. The van der Waals surface area contributed by atoms with Crippen LogP contribution in [-0.2, 0) is 17.1 Å². The molecule has 4 nitrogen and oxygen atoms in total. The van der Waals surface area contributed by atoms with Gasteiger partial charge in [-0.2, -0.15) is 0 Å². The molecule has 0 saturated heterocycles. The van der Waals surface area contributed by atoms with E-state index in [9.17, 15) is 0 Å². The monoisotopic (exact) mass is 731 g/mol. The van der Waals surface area contributed by atoms with Crippen LogP contribution in [0.4, 0.5) is 0 Å². The Bertz CT molecular complexity index is 2100. The second-order valence-electron chi connectivity index (χ2n) is 16.1. The van der Waals surface area contributed by atoms with Crippen LogP contribution in [-0.4, -0.2) is 9.97 Å². The first-order valence-corrected chi connectivity index (χ1v) is 18.7. The minimum Gasteiger partial charge on any atom is -0.657 e. The number of aromatic nitrogens is 4. The number of nitrogens with zero attached hydrogens (tertiary/aromatic N) is 4. The Morgan fingerprint density at radius 2 is 0.558 bits per heavy atom. The summed E-state index contributed by atoms with van der Waals surface area (Å²) in [6.07, 6.45) is 29.4. The summed E-state index contributed by atoms with van der Waals surface area (Å²) in [7, 11) is 0. The molecule has 267 valence electrons. The van der Waals surface area contributed by atoms with Gasteiger partial charge in [0.15, 0.2) is 0 Å². The topological polar surface area (TPSA) is 54.0 Å². The van der Waals surface area contributed by atoms with Crippen molar-refractivity contribution >= 4 is 44.4 Å². The van der Waals surface area contributed by atoms with Crippen LogP contribution in [0.1, 0.15) is 142 Å². The molecule has 1 radical (unpaired) electrons. The van der Waals surface area contributed by atoms with Crippen LogP contribution >= 0.6 is 0 Å². The quantitative estimate of drug-likeness (QED) is 0.171. The zero-order valence-electron chi connectivity index (χ0n) is 27.3. The van der Waals surface area contributed by atoms with E-state index in [0.29, 0.717) is 47.3 Å². The van der Waals surface area contributed by atoms with E-state index in [1.54, 1.807) is 0 Å². The Balaban J connectivity index is 0.000000900. The normalized spacial score (nSPS) is 30.9. The van der Waals surface area contributed by atoms with Crippen LogP contribution in [0.2, 0.25) is 0 Å². The molecule has 5 heterocycles. The zero-order chi connectivity index (χ0) is 30.8. The number of rotatable bonds is 0. The van der Waals surface area contributed by atoms with Gasteiger partial charge in [0.2, 0.25) is 0 Å². The van der Waals surface area contributed by atoms with Crippen molar-refractivity contribution in [2.24, 2.45) is 23.7 Å². The molecule has 0 spiro atoms. The molecule has 0 fully saturated rings. The first-order valence-electron chi connectivity index (χ1n) is 18.7. The maximum absolute atomic E-state index is 5.55. The van der Waals surface area contributed by atoms with Gasteiger partial charge in [-0.1, -0.05) is 117 Å². The molecule has 2 aliphatic heterocycles. The van der Waals surface area contributed by atoms with Crippen molar-refractivity contribution in [3.05, 3.63) is 118 Å². The Morgan fingerprint density at radius 3 is 0.769 bits per heavy atom. The molecule has 3 aromatic heterocycles. The Hall–Kier alpha value is -3.92.